The van der Waals surface area contributed by atoms with E-state index in [0.29, 0.717) is 22.6 Å². The number of anilines is 3. The van der Waals surface area contributed by atoms with E-state index in [1.165, 1.54) is 11.0 Å². The third-order valence-corrected chi connectivity index (χ3v) is 3.96. The van der Waals surface area contributed by atoms with Crippen LogP contribution in [0.4, 0.5) is 21.5 Å². The molecule has 3 N–H and O–H groups in total. The Morgan fingerprint density at radius 1 is 0.852 bits per heavy atom. The number of nitrogens with two attached hydrogens (primary N) is 1. The third-order valence-electron chi connectivity index (χ3n) is 3.96. The Morgan fingerprint density at radius 3 is 2.11 bits per heavy atom. The molecule has 0 aromatic heterocycles. The molecule has 0 atom stereocenters. The molecule has 3 rings (SSSR count). The van der Waals surface area contributed by atoms with Crippen molar-refractivity contribution in [2.24, 2.45) is 0 Å². The third kappa shape index (κ3) is 4.30. The molecule has 0 aliphatic carbocycles. The fourth-order valence-electron chi connectivity index (χ4n) is 2.58. The highest BCUT2D eigenvalue weighted by atomic mass is 19.1. The smallest absolute Gasteiger partial charge is 0.320 e. The molecule has 27 heavy (non-hydrogen) atoms. The number of para-hydroxylation sites is 1. The lowest BCUT2D eigenvalue weighted by molar-refractivity contribution is -0.137. The maximum Gasteiger partial charge on any atom is 0.320 e. The minimum atomic E-state index is -0.834. The molecular formula is C21H18FN3O2. The first-order chi connectivity index (χ1) is 13.1. The van der Waals surface area contributed by atoms with Crippen LogP contribution in [0.2, 0.25) is 0 Å². The molecule has 0 heterocycles. The number of carbonyl (C=O) groups is 2. The minimum Gasteiger partial charge on any atom is -0.399 e. The van der Waals surface area contributed by atoms with Crippen LogP contribution in [0.15, 0.2) is 78.9 Å². The Kier molecular flexibility index (Phi) is 5.47. The highest BCUT2D eigenvalue weighted by Gasteiger charge is 2.24. The number of nitrogen functional groups attached to an aromatic ring is 1. The first-order valence-electron chi connectivity index (χ1n) is 8.32. The van der Waals surface area contributed by atoms with Crippen LogP contribution in [0.5, 0.6) is 0 Å². The van der Waals surface area contributed by atoms with Crippen LogP contribution in [-0.4, -0.2) is 11.8 Å². The van der Waals surface area contributed by atoms with Gasteiger partial charge in [0.25, 0.3) is 0 Å². The molecule has 0 saturated heterocycles. The number of halogens is 1. The Labute approximate surface area is 156 Å². The first-order valence-corrected chi connectivity index (χ1v) is 8.32. The number of amides is 2. The average Bonchev–Trinajstić information content (AvgIpc) is 2.69. The van der Waals surface area contributed by atoms with Crippen LogP contribution in [0, 0.1) is 5.82 Å². The quantitative estimate of drug-likeness (QED) is 0.551. The topological polar surface area (TPSA) is 75.4 Å². The summed E-state index contributed by atoms with van der Waals surface area (Å²) in [5.74, 6) is -2.05. The normalized spacial score (nSPS) is 10.3. The molecule has 0 aliphatic rings. The van der Waals surface area contributed by atoms with Crippen molar-refractivity contribution in [3.05, 3.63) is 90.2 Å². The fraction of sp³-hybridized carbons (Fsp3) is 0.0476. The van der Waals surface area contributed by atoms with Crippen molar-refractivity contribution in [3.8, 4) is 0 Å². The average molecular weight is 363 g/mol. The van der Waals surface area contributed by atoms with Crippen molar-refractivity contribution in [3.63, 3.8) is 0 Å². The van der Waals surface area contributed by atoms with Gasteiger partial charge in [0.05, 0.1) is 0 Å². The van der Waals surface area contributed by atoms with Gasteiger partial charge in [-0.25, -0.2) is 4.39 Å². The number of carbonyl (C=O) groups excluding carboxylic acids is 2. The predicted octanol–water partition coefficient (Wildman–Crippen LogP) is 3.39. The number of nitrogens with zero attached hydrogens (tertiary/aromatic N) is 1. The lowest BCUT2D eigenvalue weighted by atomic mass is 10.2. The monoisotopic (exact) mass is 363 g/mol. The summed E-state index contributed by atoms with van der Waals surface area (Å²) >= 11 is 0. The van der Waals surface area contributed by atoms with E-state index in [1.807, 2.05) is 6.07 Å². The van der Waals surface area contributed by atoms with Gasteiger partial charge in [0.2, 0.25) is 0 Å². The van der Waals surface area contributed by atoms with Crippen LogP contribution in [0.25, 0.3) is 0 Å². The zero-order valence-electron chi connectivity index (χ0n) is 14.4. The lowest BCUT2D eigenvalue weighted by Crippen LogP contribution is -2.40. The molecule has 3 aromatic carbocycles. The number of rotatable bonds is 4. The number of benzene rings is 3. The second-order valence-corrected chi connectivity index (χ2v) is 5.84. The maximum absolute atomic E-state index is 13.7. The SMILES string of the molecule is Nc1ccc(N(C(=O)C(=O)NCc2ccccc2F)c2ccccc2)cc1. The highest BCUT2D eigenvalue weighted by Crippen LogP contribution is 2.26. The van der Waals surface area contributed by atoms with Crippen molar-refractivity contribution in [2.75, 3.05) is 10.6 Å². The molecule has 3 aromatic rings. The zero-order chi connectivity index (χ0) is 19.2. The molecule has 0 fully saturated rings. The van der Waals surface area contributed by atoms with E-state index in [1.54, 1.807) is 66.7 Å². The zero-order valence-corrected chi connectivity index (χ0v) is 14.4. The summed E-state index contributed by atoms with van der Waals surface area (Å²) in [5, 5.41) is 2.48. The summed E-state index contributed by atoms with van der Waals surface area (Å²) in [6.45, 7) is -0.0817. The fourth-order valence-corrected chi connectivity index (χ4v) is 2.58. The Morgan fingerprint density at radius 2 is 1.44 bits per heavy atom. The Bertz CT molecular complexity index is 943. The van der Waals surface area contributed by atoms with Gasteiger partial charge in [0, 0.05) is 29.2 Å². The molecule has 0 aliphatic heterocycles. The van der Waals surface area contributed by atoms with Gasteiger partial charge in [-0.1, -0.05) is 36.4 Å². The van der Waals surface area contributed by atoms with Crippen LogP contribution >= 0.6 is 0 Å². The molecule has 6 heteroatoms. The summed E-state index contributed by atoms with van der Waals surface area (Å²) in [6.07, 6.45) is 0. The Balaban J connectivity index is 1.83. The highest BCUT2D eigenvalue weighted by molar-refractivity contribution is 6.42. The minimum absolute atomic E-state index is 0.0817. The molecule has 5 nitrogen and oxygen atoms in total. The second-order valence-electron chi connectivity index (χ2n) is 5.84. The molecule has 136 valence electrons. The van der Waals surface area contributed by atoms with Gasteiger partial charge in [-0.2, -0.15) is 0 Å². The molecule has 2 amide bonds. The summed E-state index contributed by atoms with van der Waals surface area (Å²) in [6, 6.07) is 21.5. The molecule has 0 spiro atoms. The van der Waals surface area contributed by atoms with Gasteiger partial charge in [-0.05, 0) is 42.5 Å². The van der Waals surface area contributed by atoms with Crippen LogP contribution in [-0.2, 0) is 16.1 Å². The standard InChI is InChI=1S/C21H18FN3O2/c22-19-9-5-4-6-15(19)14-24-20(26)21(27)25(17-7-2-1-3-8-17)18-12-10-16(23)11-13-18/h1-13H,14,23H2,(H,24,26). The van der Waals surface area contributed by atoms with Crippen LogP contribution in [0.3, 0.4) is 0 Å². The number of nitrogens with one attached hydrogen (secondary N) is 1. The van der Waals surface area contributed by atoms with Crippen molar-refractivity contribution in [2.45, 2.75) is 6.54 Å². The van der Waals surface area contributed by atoms with E-state index in [2.05, 4.69) is 5.32 Å². The first kappa shape index (κ1) is 18.1. The Hall–Kier alpha value is -3.67. The van der Waals surface area contributed by atoms with Gasteiger partial charge in [0.15, 0.2) is 0 Å². The van der Waals surface area contributed by atoms with E-state index in [-0.39, 0.29) is 6.54 Å². The molecule has 0 unspecified atom stereocenters. The van der Waals surface area contributed by atoms with Gasteiger partial charge in [0.1, 0.15) is 5.82 Å². The summed E-state index contributed by atoms with van der Waals surface area (Å²) < 4.78 is 13.7. The van der Waals surface area contributed by atoms with Crippen molar-refractivity contribution >= 4 is 28.9 Å². The largest absolute Gasteiger partial charge is 0.399 e. The molecule has 0 radical (unpaired) electrons. The van der Waals surface area contributed by atoms with Gasteiger partial charge < -0.3 is 11.1 Å². The van der Waals surface area contributed by atoms with Crippen molar-refractivity contribution in [1.82, 2.24) is 5.32 Å². The van der Waals surface area contributed by atoms with E-state index >= 15 is 0 Å². The summed E-state index contributed by atoms with van der Waals surface area (Å²) in [7, 11) is 0. The van der Waals surface area contributed by atoms with Gasteiger partial charge >= 0.3 is 11.8 Å². The lowest BCUT2D eigenvalue weighted by Gasteiger charge is -2.22. The van der Waals surface area contributed by atoms with Gasteiger partial charge in [-0.3, -0.25) is 14.5 Å². The predicted molar refractivity (Wildman–Crippen MR) is 103 cm³/mol. The van der Waals surface area contributed by atoms with Crippen molar-refractivity contribution in [1.29, 1.82) is 0 Å². The molecular weight excluding hydrogens is 345 g/mol. The van der Waals surface area contributed by atoms with Crippen LogP contribution < -0.4 is 16.0 Å². The molecule has 0 saturated carbocycles. The maximum atomic E-state index is 13.7. The summed E-state index contributed by atoms with van der Waals surface area (Å²) in [5.41, 5.74) is 7.59. The van der Waals surface area contributed by atoms with E-state index in [4.69, 9.17) is 5.73 Å². The van der Waals surface area contributed by atoms with E-state index in [0.717, 1.165) is 0 Å². The number of hydrogen-bond acceptors (Lipinski definition) is 3. The van der Waals surface area contributed by atoms with Crippen molar-refractivity contribution < 1.29 is 14.0 Å². The summed E-state index contributed by atoms with van der Waals surface area (Å²) in [4.78, 5) is 26.5. The second kappa shape index (κ2) is 8.14. The molecule has 0 bridgehead atoms. The van der Waals surface area contributed by atoms with Crippen LogP contribution in [0.1, 0.15) is 5.56 Å². The number of hydrogen-bond donors (Lipinski definition) is 2. The van der Waals surface area contributed by atoms with E-state index in [9.17, 15) is 14.0 Å². The van der Waals surface area contributed by atoms with Gasteiger partial charge in [-0.15, -0.1) is 0 Å². The van der Waals surface area contributed by atoms with E-state index < -0.39 is 17.6 Å².